The summed E-state index contributed by atoms with van der Waals surface area (Å²) in [5.41, 5.74) is 6.10. The van der Waals surface area contributed by atoms with Crippen molar-refractivity contribution in [2.24, 2.45) is 10.8 Å². The average molecular weight is 389 g/mol. The normalized spacial score (nSPS) is 20.8. The second-order valence-corrected chi connectivity index (χ2v) is 8.03. The zero-order chi connectivity index (χ0) is 20.3. The van der Waals surface area contributed by atoms with Gasteiger partial charge in [0.2, 0.25) is 5.91 Å². The van der Waals surface area contributed by atoms with Crippen LogP contribution < -0.4 is 16.1 Å². The molecule has 3 N–H and O–H groups in total. The highest BCUT2D eigenvalue weighted by molar-refractivity contribution is 6.40. The van der Waals surface area contributed by atoms with Gasteiger partial charge in [0.15, 0.2) is 0 Å². The molecule has 2 aliphatic heterocycles. The van der Waals surface area contributed by atoms with Crippen LogP contribution in [0.3, 0.4) is 0 Å². The van der Waals surface area contributed by atoms with Crippen molar-refractivity contribution < 1.29 is 14.0 Å². The molecule has 28 heavy (non-hydrogen) atoms. The highest BCUT2D eigenvalue weighted by Gasteiger charge is 2.36. The Morgan fingerprint density at radius 2 is 1.86 bits per heavy atom. The monoisotopic (exact) mass is 389 g/mol. The lowest BCUT2D eigenvalue weighted by Crippen LogP contribution is -2.54. The van der Waals surface area contributed by atoms with Crippen molar-refractivity contribution >= 4 is 23.2 Å². The molecule has 0 saturated carbocycles. The number of carbonyl (C=O) groups is 2. The molecular formula is C20H28FN5O2. The van der Waals surface area contributed by atoms with Gasteiger partial charge in [0.05, 0.1) is 5.69 Å². The number of benzene rings is 1. The zero-order valence-corrected chi connectivity index (χ0v) is 16.4. The number of amides is 2. The van der Waals surface area contributed by atoms with Crippen LogP contribution in [-0.2, 0) is 9.59 Å². The summed E-state index contributed by atoms with van der Waals surface area (Å²) >= 11 is 0. The molecule has 2 amide bonds. The largest absolute Gasteiger partial charge is 0.368 e. The van der Waals surface area contributed by atoms with Gasteiger partial charge in [0.1, 0.15) is 17.6 Å². The Morgan fingerprint density at radius 3 is 2.46 bits per heavy atom. The zero-order valence-electron chi connectivity index (χ0n) is 16.4. The summed E-state index contributed by atoms with van der Waals surface area (Å²) in [6.07, 6.45) is 3.74. The highest BCUT2D eigenvalue weighted by Crippen LogP contribution is 2.25. The van der Waals surface area contributed by atoms with Crippen molar-refractivity contribution in [1.82, 2.24) is 10.2 Å². The van der Waals surface area contributed by atoms with Gasteiger partial charge in [-0.2, -0.15) is 5.10 Å². The van der Waals surface area contributed by atoms with E-state index in [2.05, 4.69) is 29.2 Å². The number of primary amides is 1. The predicted molar refractivity (Wildman–Crippen MR) is 106 cm³/mol. The predicted octanol–water partition coefficient (Wildman–Crippen LogP) is 1.63. The third kappa shape index (κ3) is 4.49. The molecule has 1 aromatic rings. The van der Waals surface area contributed by atoms with Gasteiger partial charge in [0, 0.05) is 18.5 Å². The molecule has 0 aliphatic carbocycles. The molecule has 0 radical (unpaired) electrons. The van der Waals surface area contributed by atoms with Crippen molar-refractivity contribution in [3.63, 3.8) is 0 Å². The topological polar surface area (TPSA) is 91.0 Å². The fourth-order valence-corrected chi connectivity index (χ4v) is 3.71. The number of carbonyl (C=O) groups excluding carboxylic acids is 2. The lowest BCUT2D eigenvalue weighted by Gasteiger charge is -2.41. The molecular weight excluding hydrogens is 361 g/mol. The number of likely N-dealkylation sites (tertiary alicyclic amines) is 1. The number of hydrogen-bond donors (Lipinski definition) is 2. The molecule has 0 spiro atoms. The van der Waals surface area contributed by atoms with E-state index in [0.717, 1.165) is 13.1 Å². The number of hydrogen-bond acceptors (Lipinski definition) is 5. The number of nitrogens with one attached hydrogen (secondary N) is 1. The van der Waals surface area contributed by atoms with Crippen LogP contribution in [0, 0.1) is 5.82 Å². The van der Waals surface area contributed by atoms with Gasteiger partial charge in [-0.1, -0.05) is 6.42 Å². The standard InChI is InChI=1S/C20H28FN5O2/c1-20(2,25-10-4-3-5-11-25)13-23-19(28)16-12-17(18(22)27)26(24-16)15-8-6-14(21)7-9-15/h6-9,17H,3-5,10-13H2,1-2H3,(H2,22,27)(H,23,28). The molecule has 152 valence electrons. The quantitative estimate of drug-likeness (QED) is 0.774. The van der Waals surface area contributed by atoms with Gasteiger partial charge in [-0.25, -0.2) is 4.39 Å². The Hall–Kier alpha value is -2.48. The highest BCUT2D eigenvalue weighted by atomic mass is 19.1. The lowest BCUT2D eigenvalue weighted by atomic mass is 9.98. The summed E-state index contributed by atoms with van der Waals surface area (Å²) in [6.45, 7) is 6.79. The number of halogens is 1. The summed E-state index contributed by atoms with van der Waals surface area (Å²) in [5, 5.41) is 8.65. The van der Waals surface area contributed by atoms with Crippen LogP contribution in [0.2, 0.25) is 0 Å². The van der Waals surface area contributed by atoms with E-state index in [1.165, 1.54) is 48.5 Å². The van der Waals surface area contributed by atoms with E-state index in [1.54, 1.807) is 0 Å². The van der Waals surface area contributed by atoms with Gasteiger partial charge >= 0.3 is 0 Å². The van der Waals surface area contributed by atoms with Gasteiger partial charge in [0.25, 0.3) is 5.91 Å². The van der Waals surface area contributed by atoms with Gasteiger partial charge in [-0.15, -0.1) is 0 Å². The Kier molecular flexibility index (Phi) is 5.98. The summed E-state index contributed by atoms with van der Waals surface area (Å²) in [4.78, 5) is 26.9. The van der Waals surface area contributed by atoms with Crippen molar-refractivity contribution in [2.45, 2.75) is 51.1 Å². The molecule has 2 aliphatic rings. The van der Waals surface area contributed by atoms with E-state index in [9.17, 15) is 14.0 Å². The Labute approximate surface area is 164 Å². The maximum Gasteiger partial charge on any atom is 0.267 e. The fourth-order valence-electron chi connectivity index (χ4n) is 3.71. The number of rotatable bonds is 6. The second kappa shape index (κ2) is 8.26. The molecule has 1 fully saturated rings. The van der Waals surface area contributed by atoms with Gasteiger partial charge in [-0.05, 0) is 64.0 Å². The third-order valence-corrected chi connectivity index (χ3v) is 5.49. The van der Waals surface area contributed by atoms with Crippen LogP contribution in [0.1, 0.15) is 39.5 Å². The molecule has 1 atom stereocenters. The molecule has 0 aromatic heterocycles. The molecule has 0 bridgehead atoms. The number of anilines is 1. The van der Waals surface area contributed by atoms with Crippen LogP contribution in [0.25, 0.3) is 0 Å². The minimum atomic E-state index is -0.763. The van der Waals surface area contributed by atoms with E-state index < -0.39 is 11.9 Å². The van der Waals surface area contributed by atoms with E-state index in [-0.39, 0.29) is 29.4 Å². The van der Waals surface area contributed by atoms with Gasteiger partial charge in [-0.3, -0.25) is 19.5 Å². The maximum atomic E-state index is 13.2. The first kappa shape index (κ1) is 20.3. The molecule has 3 rings (SSSR count). The Bertz CT molecular complexity index is 756. The minimum absolute atomic E-state index is 0.128. The van der Waals surface area contributed by atoms with Crippen molar-refractivity contribution in [3.8, 4) is 0 Å². The maximum absolute atomic E-state index is 13.2. The Balaban J connectivity index is 1.68. The van der Waals surface area contributed by atoms with Crippen molar-refractivity contribution in [1.29, 1.82) is 0 Å². The molecule has 1 unspecified atom stereocenters. The van der Waals surface area contributed by atoms with Gasteiger partial charge < -0.3 is 11.1 Å². The molecule has 7 nitrogen and oxygen atoms in total. The van der Waals surface area contributed by atoms with E-state index in [1.807, 2.05) is 0 Å². The average Bonchev–Trinajstić information content (AvgIpc) is 3.13. The first-order chi connectivity index (χ1) is 13.3. The smallest absolute Gasteiger partial charge is 0.267 e. The second-order valence-electron chi connectivity index (χ2n) is 8.03. The lowest BCUT2D eigenvalue weighted by molar-refractivity contribution is -0.119. The SMILES string of the molecule is CC(C)(CNC(=O)C1=NN(c2ccc(F)cc2)C(C(N)=O)C1)N1CCCCC1. The summed E-state index contributed by atoms with van der Waals surface area (Å²) in [7, 11) is 0. The summed E-state index contributed by atoms with van der Waals surface area (Å²) in [5.74, 6) is -1.27. The molecule has 8 heteroatoms. The number of nitrogens with two attached hydrogens (primary N) is 1. The number of piperidine rings is 1. The molecule has 1 saturated heterocycles. The number of hydrazone groups is 1. The van der Waals surface area contributed by atoms with E-state index >= 15 is 0 Å². The fraction of sp³-hybridized carbons (Fsp3) is 0.550. The number of nitrogens with zero attached hydrogens (tertiary/aromatic N) is 3. The van der Waals surface area contributed by atoms with Crippen LogP contribution in [0.4, 0.5) is 10.1 Å². The summed E-state index contributed by atoms with van der Waals surface area (Å²) in [6, 6.07) is 4.82. The molecule has 2 heterocycles. The molecule has 1 aromatic carbocycles. The first-order valence-electron chi connectivity index (χ1n) is 9.73. The van der Waals surface area contributed by atoms with Crippen LogP contribution in [0.15, 0.2) is 29.4 Å². The Morgan fingerprint density at radius 1 is 1.21 bits per heavy atom. The van der Waals surface area contributed by atoms with Crippen molar-refractivity contribution in [3.05, 3.63) is 30.1 Å². The minimum Gasteiger partial charge on any atom is -0.368 e. The van der Waals surface area contributed by atoms with Crippen LogP contribution in [-0.4, -0.2) is 53.6 Å². The van der Waals surface area contributed by atoms with Crippen LogP contribution in [0.5, 0.6) is 0 Å². The van der Waals surface area contributed by atoms with E-state index in [4.69, 9.17) is 5.73 Å². The van der Waals surface area contributed by atoms with Crippen LogP contribution >= 0.6 is 0 Å². The van der Waals surface area contributed by atoms with Crippen molar-refractivity contribution in [2.75, 3.05) is 24.6 Å². The third-order valence-electron chi connectivity index (χ3n) is 5.49. The van der Waals surface area contributed by atoms with E-state index in [0.29, 0.717) is 12.2 Å². The first-order valence-corrected chi connectivity index (χ1v) is 9.73. The summed E-state index contributed by atoms with van der Waals surface area (Å²) < 4.78 is 13.2.